The molecule has 14 nitrogen and oxygen atoms in total. The van der Waals surface area contributed by atoms with Gasteiger partial charge >= 0.3 is 30.0 Å². The number of hydrogen-bond donors (Lipinski definition) is 4. The second-order valence-corrected chi connectivity index (χ2v) is 15.0. The number of nitrogens with one attached hydrogen (secondary N) is 1. The maximum Gasteiger partial charge on any atom is 0.411 e. The number of carboxylic acids is 1. The van der Waals surface area contributed by atoms with Crippen molar-refractivity contribution in [3.8, 4) is 0 Å². The van der Waals surface area contributed by atoms with E-state index in [0.717, 1.165) is 4.90 Å². The molecule has 14 heteroatoms. The minimum Gasteiger partial charge on any atom is -0.479 e. The lowest BCUT2D eigenvalue weighted by molar-refractivity contribution is -0.180. The summed E-state index contributed by atoms with van der Waals surface area (Å²) in [4.78, 5) is 65.9. The number of esters is 3. The molecule has 6 N–H and O–H groups in total. The highest BCUT2D eigenvalue weighted by Gasteiger charge is 2.56. The van der Waals surface area contributed by atoms with E-state index < -0.39 is 76.5 Å². The Labute approximate surface area is 268 Å². The van der Waals surface area contributed by atoms with Gasteiger partial charge in [-0.3, -0.25) is 14.5 Å². The number of ether oxygens (including phenoxy) is 4. The van der Waals surface area contributed by atoms with Gasteiger partial charge in [-0.25, -0.2) is 14.4 Å². The molecule has 2 unspecified atom stereocenters. The maximum absolute atomic E-state index is 13.7. The molecule has 0 aromatic heterocycles. The topological polar surface area (TPSA) is 210 Å². The van der Waals surface area contributed by atoms with Crippen LogP contribution in [0, 0.1) is 0 Å². The van der Waals surface area contributed by atoms with Crippen LogP contribution in [0.4, 0.5) is 4.79 Å². The molecule has 262 valence electrons. The van der Waals surface area contributed by atoms with Gasteiger partial charge in [-0.05, 0) is 122 Å². The second-order valence-electron chi connectivity index (χ2n) is 15.0. The molecular formula is C31H58N4O10. The Hall–Kier alpha value is -2.97. The first-order chi connectivity index (χ1) is 20.1. The van der Waals surface area contributed by atoms with Crippen molar-refractivity contribution in [2.24, 2.45) is 11.5 Å². The minimum absolute atomic E-state index is 0.0879. The number of hydrogen-bond acceptors (Lipinski definition) is 12. The SMILES string of the molecule is CC(C)(C)OC(=O)C(N)CCNCCC[C@](C(=O)O)(C(=O)OC(C)(C)C)N(CCC(N)C(=O)OC(C)(C)C)C(=O)OC(C)(C)C. The molecule has 0 heterocycles. The number of nitrogens with zero attached hydrogens (tertiary/aromatic N) is 1. The third kappa shape index (κ3) is 16.2. The first-order valence-electron chi connectivity index (χ1n) is 15.3. The van der Waals surface area contributed by atoms with E-state index in [4.69, 9.17) is 30.4 Å². The number of aliphatic carboxylic acids is 1. The van der Waals surface area contributed by atoms with Gasteiger partial charge in [0.2, 0.25) is 5.54 Å². The van der Waals surface area contributed by atoms with Gasteiger partial charge < -0.3 is 40.8 Å². The first kappa shape index (κ1) is 42.0. The molecular weight excluding hydrogens is 588 g/mol. The third-order valence-electron chi connectivity index (χ3n) is 5.77. The molecule has 0 radical (unpaired) electrons. The summed E-state index contributed by atoms with van der Waals surface area (Å²) in [5.74, 6) is -4.11. The normalized spacial score (nSPS) is 15.2. The van der Waals surface area contributed by atoms with Crippen molar-refractivity contribution in [2.45, 2.75) is 149 Å². The molecule has 0 aromatic rings. The Morgan fingerprint density at radius 2 is 1.09 bits per heavy atom. The lowest BCUT2D eigenvalue weighted by Crippen LogP contribution is -2.65. The summed E-state index contributed by atoms with van der Waals surface area (Å²) in [6.07, 6.45) is -1.36. The highest BCUT2D eigenvalue weighted by atomic mass is 16.6. The van der Waals surface area contributed by atoms with Crippen LogP contribution in [0.2, 0.25) is 0 Å². The van der Waals surface area contributed by atoms with E-state index in [9.17, 15) is 29.1 Å². The van der Waals surface area contributed by atoms with Crippen LogP contribution in [0.3, 0.4) is 0 Å². The smallest absolute Gasteiger partial charge is 0.411 e. The molecule has 0 rings (SSSR count). The zero-order valence-corrected chi connectivity index (χ0v) is 29.3. The van der Waals surface area contributed by atoms with Crippen LogP contribution < -0.4 is 16.8 Å². The van der Waals surface area contributed by atoms with Crippen LogP contribution in [0.1, 0.15) is 109 Å². The van der Waals surface area contributed by atoms with E-state index >= 15 is 0 Å². The number of amides is 1. The Kier molecular flexibility index (Phi) is 15.5. The number of nitrogens with two attached hydrogens (primary N) is 2. The van der Waals surface area contributed by atoms with Gasteiger partial charge in [-0.1, -0.05) is 0 Å². The summed E-state index contributed by atoms with van der Waals surface area (Å²) in [5.41, 5.74) is 5.81. The zero-order chi connectivity index (χ0) is 35.6. The monoisotopic (exact) mass is 646 g/mol. The quantitative estimate of drug-likeness (QED) is 0.0874. The van der Waals surface area contributed by atoms with E-state index in [1.165, 1.54) is 0 Å². The van der Waals surface area contributed by atoms with Gasteiger partial charge in [0.05, 0.1) is 0 Å². The molecule has 0 bridgehead atoms. The summed E-state index contributed by atoms with van der Waals surface area (Å²) in [6, 6.07) is -2.09. The number of carbonyl (C=O) groups excluding carboxylic acids is 4. The van der Waals surface area contributed by atoms with Gasteiger partial charge in [0.1, 0.15) is 34.5 Å². The Balaban J connectivity index is 6.19. The molecule has 0 saturated heterocycles. The zero-order valence-electron chi connectivity index (χ0n) is 29.3. The second kappa shape index (κ2) is 16.5. The van der Waals surface area contributed by atoms with Crippen molar-refractivity contribution in [1.29, 1.82) is 0 Å². The van der Waals surface area contributed by atoms with Crippen molar-refractivity contribution in [2.75, 3.05) is 19.6 Å². The van der Waals surface area contributed by atoms with Crippen molar-refractivity contribution in [3.63, 3.8) is 0 Å². The van der Waals surface area contributed by atoms with Gasteiger partial charge in [0.25, 0.3) is 0 Å². The lowest BCUT2D eigenvalue weighted by Gasteiger charge is -2.40. The van der Waals surface area contributed by atoms with Crippen molar-refractivity contribution in [3.05, 3.63) is 0 Å². The van der Waals surface area contributed by atoms with Crippen molar-refractivity contribution in [1.82, 2.24) is 10.2 Å². The molecule has 45 heavy (non-hydrogen) atoms. The summed E-state index contributed by atoms with van der Waals surface area (Å²) in [7, 11) is 0. The van der Waals surface area contributed by atoms with Gasteiger partial charge in [-0.15, -0.1) is 0 Å². The van der Waals surface area contributed by atoms with Gasteiger partial charge in [0.15, 0.2) is 0 Å². The average molecular weight is 647 g/mol. The number of carbonyl (C=O) groups is 5. The Bertz CT molecular complexity index is 1020. The fourth-order valence-corrected chi connectivity index (χ4v) is 3.89. The van der Waals surface area contributed by atoms with Crippen LogP contribution >= 0.6 is 0 Å². The average Bonchev–Trinajstić information content (AvgIpc) is 2.79. The van der Waals surface area contributed by atoms with Gasteiger partial charge in [-0.2, -0.15) is 0 Å². The predicted molar refractivity (Wildman–Crippen MR) is 168 cm³/mol. The molecule has 0 saturated carbocycles. The maximum atomic E-state index is 13.7. The Morgan fingerprint density at radius 3 is 1.49 bits per heavy atom. The van der Waals surface area contributed by atoms with E-state index in [2.05, 4.69) is 5.32 Å². The van der Waals surface area contributed by atoms with Crippen LogP contribution in [0.25, 0.3) is 0 Å². The van der Waals surface area contributed by atoms with Crippen LogP contribution in [-0.4, -0.2) is 99.6 Å². The van der Waals surface area contributed by atoms with Crippen molar-refractivity contribution >= 4 is 30.0 Å². The predicted octanol–water partition coefficient (Wildman–Crippen LogP) is 2.88. The van der Waals surface area contributed by atoms with E-state index in [1.807, 2.05) is 0 Å². The van der Waals surface area contributed by atoms with Crippen LogP contribution in [0.5, 0.6) is 0 Å². The minimum atomic E-state index is -2.53. The van der Waals surface area contributed by atoms with E-state index in [0.29, 0.717) is 6.54 Å². The third-order valence-corrected chi connectivity index (χ3v) is 5.77. The van der Waals surface area contributed by atoms with Crippen LogP contribution in [0.15, 0.2) is 0 Å². The lowest BCUT2D eigenvalue weighted by atomic mass is 9.90. The highest BCUT2D eigenvalue weighted by molar-refractivity contribution is 6.06. The van der Waals surface area contributed by atoms with Gasteiger partial charge in [0, 0.05) is 6.54 Å². The molecule has 0 aromatic carbocycles. The number of carboxylic acid groups (broad SMARTS) is 1. The number of rotatable bonds is 15. The summed E-state index contributed by atoms with van der Waals surface area (Å²) in [6.45, 7) is 19.8. The summed E-state index contributed by atoms with van der Waals surface area (Å²) in [5, 5.41) is 13.7. The largest absolute Gasteiger partial charge is 0.479 e. The Morgan fingerprint density at radius 1 is 0.667 bits per heavy atom. The molecule has 1 amide bonds. The fourth-order valence-electron chi connectivity index (χ4n) is 3.89. The molecule has 0 fully saturated rings. The van der Waals surface area contributed by atoms with E-state index in [-0.39, 0.29) is 32.2 Å². The van der Waals surface area contributed by atoms with E-state index in [1.54, 1.807) is 83.1 Å². The first-order valence-corrected chi connectivity index (χ1v) is 15.3. The molecule has 0 spiro atoms. The van der Waals surface area contributed by atoms with Crippen molar-refractivity contribution < 1.29 is 48.0 Å². The summed E-state index contributed by atoms with van der Waals surface area (Å²) >= 11 is 0. The summed E-state index contributed by atoms with van der Waals surface area (Å²) < 4.78 is 21.7. The molecule has 0 aliphatic heterocycles. The molecule has 0 aliphatic carbocycles. The molecule has 3 atom stereocenters. The standard InChI is InChI=1S/C31H58N4O10/c1-27(2,3)42-22(36)20(32)14-18-34-17-13-16-31(24(38)39,25(40)44-29(7,8)9)35(26(41)45-30(10,11)12)19-15-21(33)23(37)43-28(4,5)6/h20-21,34H,13-19,32-33H2,1-12H3,(H,38,39)/t20?,21?,31-/m0/s1. The van der Waals surface area contributed by atoms with Crippen LogP contribution in [-0.2, 0) is 38.1 Å². The fraction of sp³-hybridized carbons (Fsp3) is 0.839. The molecule has 0 aliphatic rings. The highest BCUT2D eigenvalue weighted by Crippen LogP contribution is 2.30.